The smallest absolute Gasteiger partial charge is 0.138 e. The highest BCUT2D eigenvalue weighted by Crippen LogP contribution is 2.15. The van der Waals surface area contributed by atoms with E-state index < -0.39 is 12.1 Å². The molecule has 0 aliphatic heterocycles. The van der Waals surface area contributed by atoms with Crippen LogP contribution in [-0.4, -0.2) is 26.4 Å². The molecule has 0 saturated carbocycles. The van der Waals surface area contributed by atoms with Gasteiger partial charge in [-0.25, -0.2) is 4.98 Å². The number of halogens is 1. The van der Waals surface area contributed by atoms with Crippen LogP contribution >= 0.6 is 15.9 Å². The summed E-state index contributed by atoms with van der Waals surface area (Å²) in [7, 11) is 0. The summed E-state index contributed by atoms with van der Waals surface area (Å²) in [5.41, 5.74) is 0.866. The first-order chi connectivity index (χ1) is 9.61. The van der Waals surface area contributed by atoms with Gasteiger partial charge < -0.3 is 14.8 Å². The standard InChI is InChI=1S/C15H15BrN2O2/c1-11(20)15-17-8-9-18(15)14(10-19)7-4-12-2-5-13(16)6-3-12/h2-3,5-6,8-9,11,14,19-20H,10H2,1H3/t11-,14-/m0/s1. The fourth-order valence-electron chi connectivity index (χ4n) is 1.81. The normalized spacial score (nSPS) is 13.4. The number of aliphatic hydroxyl groups excluding tert-OH is 2. The predicted octanol–water partition coefficient (Wildman–Crippen LogP) is 2.28. The second-order valence-electron chi connectivity index (χ2n) is 4.34. The van der Waals surface area contributed by atoms with Crippen LogP contribution in [0, 0.1) is 11.8 Å². The molecule has 0 fully saturated rings. The number of hydrogen-bond acceptors (Lipinski definition) is 3. The van der Waals surface area contributed by atoms with Gasteiger partial charge in [-0.05, 0) is 31.2 Å². The fraction of sp³-hybridized carbons (Fsp3) is 0.267. The minimum Gasteiger partial charge on any atom is -0.393 e. The molecule has 2 aromatic rings. The number of imidazole rings is 1. The maximum Gasteiger partial charge on any atom is 0.138 e. The molecule has 4 nitrogen and oxygen atoms in total. The lowest BCUT2D eigenvalue weighted by molar-refractivity contribution is 0.176. The van der Waals surface area contributed by atoms with Crippen LogP contribution in [0.5, 0.6) is 0 Å². The lowest BCUT2D eigenvalue weighted by Gasteiger charge is -2.14. The highest BCUT2D eigenvalue weighted by atomic mass is 79.9. The van der Waals surface area contributed by atoms with Gasteiger partial charge in [0.05, 0.1) is 6.61 Å². The quantitative estimate of drug-likeness (QED) is 0.846. The van der Waals surface area contributed by atoms with E-state index in [1.54, 1.807) is 23.9 Å². The van der Waals surface area contributed by atoms with Gasteiger partial charge in [-0.1, -0.05) is 27.8 Å². The summed E-state index contributed by atoms with van der Waals surface area (Å²) in [6.07, 6.45) is 2.60. The van der Waals surface area contributed by atoms with E-state index in [2.05, 4.69) is 32.8 Å². The third-order valence-corrected chi connectivity index (χ3v) is 3.34. The maximum absolute atomic E-state index is 9.64. The van der Waals surface area contributed by atoms with E-state index in [0.29, 0.717) is 5.82 Å². The van der Waals surface area contributed by atoms with Gasteiger partial charge >= 0.3 is 0 Å². The Morgan fingerprint density at radius 1 is 1.35 bits per heavy atom. The first-order valence-electron chi connectivity index (χ1n) is 6.20. The molecule has 0 bridgehead atoms. The van der Waals surface area contributed by atoms with E-state index >= 15 is 0 Å². The summed E-state index contributed by atoms with van der Waals surface area (Å²) >= 11 is 3.37. The maximum atomic E-state index is 9.64. The van der Waals surface area contributed by atoms with Gasteiger partial charge in [0.25, 0.3) is 0 Å². The van der Waals surface area contributed by atoms with Gasteiger partial charge in [-0.15, -0.1) is 0 Å². The Bertz CT molecular complexity index is 623. The number of benzene rings is 1. The number of aromatic nitrogens is 2. The van der Waals surface area contributed by atoms with Crippen molar-refractivity contribution in [3.8, 4) is 11.8 Å². The summed E-state index contributed by atoms with van der Waals surface area (Å²) in [6, 6.07) is 7.20. The largest absolute Gasteiger partial charge is 0.393 e. The zero-order chi connectivity index (χ0) is 14.5. The fourth-order valence-corrected chi connectivity index (χ4v) is 2.08. The van der Waals surface area contributed by atoms with Gasteiger partial charge in [-0.2, -0.15) is 0 Å². The van der Waals surface area contributed by atoms with Crippen molar-refractivity contribution < 1.29 is 10.2 Å². The van der Waals surface area contributed by atoms with Crippen molar-refractivity contribution in [2.45, 2.75) is 19.1 Å². The van der Waals surface area contributed by atoms with E-state index in [0.717, 1.165) is 10.0 Å². The molecule has 1 heterocycles. The van der Waals surface area contributed by atoms with E-state index in [-0.39, 0.29) is 6.61 Å². The van der Waals surface area contributed by atoms with Gasteiger partial charge in [-0.3, -0.25) is 0 Å². The number of rotatable bonds is 3. The van der Waals surface area contributed by atoms with Gasteiger partial charge in [0.2, 0.25) is 0 Å². The summed E-state index contributed by atoms with van der Waals surface area (Å²) in [5, 5.41) is 19.1. The van der Waals surface area contributed by atoms with Crippen LogP contribution in [0.2, 0.25) is 0 Å². The Labute approximate surface area is 126 Å². The van der Waals surface area contributed by atoms with Crippen LogP contribution in [0.25, 0.3) is 0 Å². The molecule has 104 valence electrons. The molecule has 2 atom stereocenters. The zero-order valence-electron chi connectivity index (χ0n) is 11.0. The van der Waals surface area contributed by atoms with Crippen LogP contribution in [0.15, 0.2) is 41.1 Å². The van der Waals surface area contributed by atoms with Crippen LogP contribution in [0.3, 0.4) is 0 Å². The molecular weight excluding hydrogens is 320 g/mol. The Hall–Kier alpha value is -1.61. The second kappa shape index (κ2) is 6.71. The van der Waals surface area contributed by atoms with E-state index in [1.807, 2.05) is 24.3 Å². The Balaban J connectivity index is 2.25. The SMILES string of the molecule is C[C@H](O)c1nccn1[C@@H](C#Cc1ccc(Br)cc1)CO. The Morgan fingerprint density at radius 2 is 2.05 bits per heavy atom. The summed E-state index contributed by atoms with van der Waals surface area (Å²) in [6.45, 7) is 1.50. The van der Waals surface area contributed by atoms with Crippen LogP contribution in [0.1, 0.15) is 30.5 Å². The van der Waals surface area contributed by atoms with Crippen molar-refractivity contribution in [2.24, 2.45) is 0 Å². The minimum absolute atomic E-state index is 0.139. The Kier molecular flexibility index (Phi) is 4.96. The van der Waals surface area contributed by atoms with Crippen LogP contribution < -0.4 is 0 Å². The molecule has 0 unspecified atom stereocenters. The molecule has 20 heavy (non-hydrogen) atoms. The van der Waals surface area contributed by atoms with E-state index in [1.165, 1.54) is 0 Å². The first-order valence-corrected chi connectivity index (χ1v) is 7.00. The van der Waals surface area contributed by atoms with Gasteiger partial charge in [0.15, 0.2) is 0 Å². The second-order valence-corrected chi connectivity index (χ2v) is 5.26. The average molecular weight is 335 g/mol. The molecule has 0 radical (unpaired) electrons. The monoisotopic (exact) mass is 334 g/mol. The third kappa shape index (κ3) is 3.48. The van der Waals surface area contributed by atoms with Crippen molar-refractivity contribution >= 4 is 15.9 Å². The molecule has 0 amide bonds. The molecule has 2 N–H and O–H groups in total. The zero-order valence-corrected chi connectivity index (χ0v) is 12.6. The highest BCUT2D eigenvalue weighted by molar-refractivity contribution is 9.10. The molecule has 0 saturated heterocycles. The summed E-state index contributed by atoms with van der Waals surface area (Å²) in [5.74, 6) is 6.51. The van der Waals surface area contributed by atoms with Crippen LogP contribution in [0.4, 0.5) is 0 Å². The number of aliphatic hydroxyl groups is 2. The molecular formula is C15H15BrN2O2. The van der Waals surface area contributed by atoms with Gasteiger partial charge in [0, 0.05) is 22.4 Å². The molecule has 5 heteroatoms. The summed E-state index contributed by atoms with van der Waals surface area (Å²) < 4.78 is 2.68. The highest BCUT2D eigenvalue weighted by Gasteiger charge is 2.14. The van der Waals surface area contributed by atoms with Crippen molar-refractivity contribution in [3.63, 3.8) is 0 Å². The molecule has 2 rings (SSSR count). The summed E-state index contributed by atoms with van der Waals surface area (Å²) in [4.78, 5) is 4.08. The lowest BCUT2D eigenvalue weighted by Crippen LogP contribution is -2.15. The minimum atomic E-state index is -0.700. The lowest BCUT2D eigenvalue weighted by atomic mass is 10.2. The molecule has 1 aromatic carbocycles. The molecule has 1 aromatic heterocycles. The predicted molar refractivity (Wildman–Crippen MR) is 80.0 cm³/mol. The molecule has 0 aliphatic rings. The Morgan fingerprint density at radius 3 is 2.65 bits per heavy atom. The molecule has 0 spiro atoms. The van der Waals surface area contributed by atoms with E-state index in [9.17, 15) is 10.2 Å². The van der Waals surface area contributed by atoms with Crippen molar-refractivity contribution in [1.82, 2.24) is 9.55 Å². The average Bonchev–Trinajstić information content (AvgIpc) is 2.91. The number of hydrogen-bond donors (Lipinski definition) is 2. The number of nitrogens with zero attached hydrogens (tertiary/aromatic N) is 2. The third-order valence-electron chi connectivity index (χ3n) is 2.81. The van der Waals surface area contributed by atoms with Crippen molar-refractivity contribution in [1.29, 1.82) is 0 Å². The van der Waals surface area contributed by atoms with E-state index in [4.69, 9.17) is 0 Å². The molecule has 0 aliphatic carbocycles. The van der Waals surface area contributed by atoms with Crippen molar-refractivity contribution in [2.75, 3.05) is 6.61 Å². The van der Waals surface area contributed by atoms with Crippen molar-refractivity contribution in [3.05, 3.63) is 52.5 Å². The van der Waals surface area contributed by atoms with Gasteiger partial charge in [0.1, 0.15) is 18.0 Å². The van der Waals surface area contributed by atoms with Crippen LogP contribution in [-0.2, 0) is 0 Å². The first kappa shape index (κ1) is 14.8. The topological polar surface area (TPSA) is 58.3 Å².